The number of aryl methyl sites for hydroxylation is 1. The topological polar surface area (TPSA) is 17.8 Å². The van der Waals surface area contributed by atoms with Gasteiger partial charge in [-0.15, -0.1) is 11.6 Å². The summed E-state index contributed by atoms with van der Waals surface area (Å²) < 4.78 is 1.97. The molecular weight excluding hydrogens is 327 g/mol. The van der Waals surface area contributed by atoms with Crippen molar-refractivity contribution in [3.63, 3.8) is 0 Å². The lowest BCUT2D eigenvalue weighted by Gasteiger charge is -2.13. The average Bonchev–Trinajstić information content (AvgIpc) is 2.82. The van der Waals surface area contributed by atoms with Gasteiger partial charge in [-0.3, -0.25) is 4.57 Å². The molecule has 0 amide bonds. The van der Waals surface area contributed by atoms with Crippen LogP contribution < -0.4 is 0 Å². The summed E-state index contributed by atoms with van der Waals surface area (Å²) in [6.07, 6.45) is 0. The van der Waals surface area contributed by atoms with Crippen LogP contribution >= 0.6 is 34.8 Å². The number of fused-ring (bicyclic) bond motifs is 1. The van der Waals surface area contributed by atoms with Gasteiger partial charge in [-0.05, 0) is 43.7 Å². The van der Waals surface area contributed by atoms with E-state index in [9.17, 15) is 0 Å². The Hall–Kier alpha value is -1.22. The maximum atomic E-state index is 6.42. The van der Waals surface area contributed by atoms with Crippen molar-refractivity contribution in [3.05, 3.63) is 57.8 Å². The fourth-order valence-corrected chi connectivity index (χ4v) is 2.98. The second kappa shape index (κ2) is 5.53. The van der Waals surface area contributed by atoms with Gasteiger partial charge < -0.3 is 0 Å². The SMILES string of the molecule is Cc1cc(Cl)c(-n2c(C(C)Cl)nc3ccccc32)cc1Cl. The summed E-state index contributed by atoms with van der Waals surface area (Å²) in [5.41, 5.74) is 3.58. The fourth-order valence-electron chi connectivity index (χ4n) is 2.37. The summed E-state index contributed by atoms with van der Waals surface area (Å²) in [5.74, 6) is 0.750. The van der Waals surface area contributed by atoms with Crippen molar-refractivity contribution in [2.24, 2.45) is 0 Å². The average molecular weight is 340 g/mol. The van der Waals surface area contributed by atoms with Crippen molar-refractivity contribution in [3.8, 4) is 5.69 Å². The van der Waals surface area contributed by atoms with Gasteiger partial charge in [-0.2, -0.15) is 0 Å². The first-order valence-electron chi connectivity index (χ1n) is 6.56. The molecule has 0 aliphatic carbocycles. The van der Waals surface area contributed by atoms with Crippen LogP contribution in [0.1, 0.15) is 23.7 Å². The first kappa shape index (κ1) is 14.7. The number of nitrogens with zero attached hydrogens (tertiary/aromatic N) is 2. The van der Waals surface area contributed by atoms with Crippen LogP contribution in [0.3, 0.4) is 0 Å². The molecule has 0 bridgehead atoms. The van der Waals surface area contributed by atoms with E-state index in [1.165, 1.54) is 0 Å². The number of imidazole rings is 1. The summed E-state index contributed by atoms with van der Waals surface area (Å²) in [7, 11) is 0. The van der Waals surface area contributed by atoms with Crippen LogP contribution in [0, 0.1) is 6.92 Å². The minimum atomic E-state index is -0.242. The molecule has 0 spiro atoms. The Morgan fingerprint density at radius 1 is 1.10 bits per heavy atom. The molecule has 0 aliphatic rings. The molecule has 0 saturated heterocycles. The van der Waals surface area contributed by atoms with Crippen molar-refractivity contribution >= 4 is 45.8 Å². The van der Waals surface area contributed by atoms with Crippen LogP contribution in [-0.2, 0) is 0 Å². The number of alkyl halides is 1. The maximum Gasteiger partial charge on any atom is 0.132 e. The Kier molecular flexibility index (Phi) is 3.87. The van der Waals surface area contributed by atoms with E-state index >= 15 is 0 Å². The van der Waals surface area contributed by atoms with Crippen LogP contribution in [0.4, 0.5) is 0 Å². The Morgan fingerprint density at radius 2 is 1.81 bits per heavy atom. The summed E-state index contributed by atoms with van der Waals surface area (Å²) in [4.78, 5) is 4.61. The van der Waals surface area contributed by atoms with Gasteiger partial charge in [-0.25, -0.2) is 4.98 Å². The molecule has 1 atom stereocenters. The number of hydrogen-bond donors (Lipinski definition) is 0. The van der Waals surface area contributed by atoms with Gasteiger partial charge in [-0.1, -0.05) is 35.3 Å². The molecule has 0 aliphatic heterocycles. The van der Waals surface area contributed by atoms with Crippen molar-refractivity contribution < 1.29 is 0 Å². The number of para-hydroxylation sites is 2. The smallest absolute Gasteiger partial charge is 0.132 e. The van der Waals surface area contributed by atoms with Crippen LogP contribution in [0.5, 0.6) is 0 Å². The fraction of sp³-hybridized carbons (Fsp3) is 0.188. The lowest BCUT2D eigenvalue weighted by atomic mass is 10.2. The van der Waals surface area contributed by atoms with E-state index in [0.29, 0.717) is 10.0 Å². The molecule has 3 rings (SSSR count). The molecule has 2 nitrogen and oxygen atoms in total. The summed E-state index contributed by atoms with van der Waals surface area (Å²) >= 11 is 19.0. The van der Waals surface area contributed by atoms with E-state index in [4.69, 9.17) is 34.8 Å². The predicted molar refractivity (Wildman–Crippen MR) is 90.1 cm³/mol. The first-order chi connectivity index (χ1) is 9.99. The Labute approximate surface area is 138 Å². The Balaban J connectivity index is 2.38. The van der Waals surface area contributed by atoms with Crippen LogP contribution in [0.15, 0.2) is 36.4 Å². The van der Waals surface area contributed by atoms with Gasteiger partial charge in [0, 0.05) is 5.02 Å². The second-order valence-electron chi connectivity index (χ2n) is 4.96. The lowest BCUT2D eigenvalue weighted by Crippen LogP contribution is -2.03. The number of aromatic nitrogens is 2. The van der Waals surface area contributed by atoms with E-state index in [2.05, 4.69) is 4.98 Å². The van der Waals surface area contributed by atoms with Gasteiger partial charge in [0.05, 0.1) is 27.1 Å². The molecular formula is C16H13Cl3N2. The monoisotopic (exact) mass is 338 g/mol. The second-order valence-corrected chi connectivity index (χ2v) is 6.43. The molecule has 1 heterocycles. The molecule has 2 aromatic carbocycles. The standard InChI is InChI=1S/C16H13Cl3N2/c1-9-7-12(19)15(8-11(9)18)21-14-6-4-3-5-13(14)20-16(21)10(2)17/h3-8,10H,1-2H3. The Morgan fingerprint density at radius 3 is 2.52 bits per heavy atom. The molecule has 0 radical (unpaired) electrons. The molecule has 0 saturated carbocycles. The Bertz CT molecular complexity index is 822. The van der Waals surface area contributed by atoms with E-state index in [0.717, 1.165) is 28.1 Å². The summed E-state index contributed by atoms with van der Waals surface area (Å²) in [6, 6.07) is 11.6. The molecule has 3 aromatic rings. The van der Waals surface area contributed by atoms with E-state index in [1.807, 2.05) is 54.8 Å². The van der Waals surface area contributed by atoms with E-state index in [1.54, 1.807) is 0 Å². The number of rotatable bonds is 2. The number of halogens is 3. The van der Waals surface area contributed by atoms with Gasteiger partial charge in [0.15, 0.2) is 0 Å². The lowest BCUT2D eigenvalue weighted by molar-refractivity contribution is 0.882. The van der Waals surface area contributed by atoms with Crippen molar-refractivity contribution in [1.29, 1.82) is 0 Å². The van der Waals surface area contributed by atoms with Crippen molar-refractivity contribution in [2.45, 2.75) is 19.2 Å². The zero-order valence-electron chi connectivity index (χ0n) is 11.6. The zero-order chi connectivity index (χ0) is 15.1. The van der Waals surface area contributed by atoms with Crippen LogP contribution in [0.25, 0.3) is 16.7 Å². The molecule has 1 unspecified atom stereocenters. The van der Waals surface area contributed by atoms with Gasteiger partial charge in [0.25, 0.3) is 0 Å². The molecule has 0 fully saturated rings. The number of benzene rings is 2. The molecule has 21 heavy (non-hydrogen) atoms. The normalized spacial score (nSPS) is 12.8. The number of hydrogen-bond acceptors (Lipinski definition) is 1. The predicted octanol–water partition coefficient (Wildman–Crippen LogP) is 5.94. The highest BCUT2D eigenvalue weighted by molar-refractivity contribution is 6.35. The maximum absolute atomic E-state index is 6.42. The molecule has 108 valence electrons. The van der Waals surface area contributed by atoms with Crippen LogP contribution in [0.2, 0.25) is 10.0 Å². The van der Waals surface area contributed by atoms with Crippen molar-refractivity contribution in [2.75, 3.05) is 0 Å². The summed E-state index contributed by atoms with van der Waals surface area (Å²) in [5, 5.41) is 1.05. The minimum absolute atomic E-state index is 0.242. The quantitative estimate of drug-likeness (QED) is 0.528. The van der Waals surface area contributed by atoms with Crippen LogP contribution in [-0.4, -0.2) is 9.55 Å². The third kappa shape index (κ3) is 2.52. The highest BCUT2D eigenvalue weighted by Crippen LogP contribution is 2.34. The minimum Gasteiger partial charge on any atom is -0.293 e. The third-order valence-electron chi connectivity index (χ3n) is 3.41. The van der Waals surface area contributed by atoms with Gasteiger partial charge in [0.2, 0.25) is 0 Å². The van der Waals surface area contributed by atoms with E-state index in [-0.39, 0.29) is 5.38 Å². The van der Waals surface area contributed by atoms with Gasteiger partial charge >= 0.3 is 0 Å². The first-order valence-corrected chi connectivity index (χ1v) is 7.75. The zero-order valence-corrected chi connectivity index (χ0v) is 13.8. The highest BCUT2D eigenvalue weighted by Gasteiger charge is 2.18. The molecule has 5 heteroatoms. The summed E-state index contributed by atoms with van der Waals surface area (Å²) in [6.45, 7) is 3.82. The van der Waals surface area contributed by atoms with Crippen molar-refractivity contribution in [1.82, 2.24) is 9.55 Å². The third-order valence-corrected chi connectivity index (χ3v) is 4.32. The van der Waals surface area contributed by atoms with E-state index < -0.39 is 0 Å². The molecule has 1 aromatic heterocycles. The highest BCUT2D eigenvalue weighted by atomic mass is 35.5. The molecule has 0 N–H and O–H groups in total. The largest absolute Gasteiger partial charge is 0.293 e. The van der Waals surface area contributed by atoms with Gasteiger partial charge in [0.1, 0.15) is 5.82 Å².